The van der Waals surface area contributed by atoms with E-state index in [0.717, 1.165) is 62.9 Å². The second-order valence-corrected chi connectivity index (χ2v) is 9.57. The van der Waals surface area contributed by atoms with Gasteiger partial charge in [-0.2, -0.15) is 13.2 Å². The number of β-amino-alcohol motifs (C(OH)–C–C–N with tert-alkyl or cyclic N) is 1. The third-order valence-corrected chi connectivity index (χ3v) is 7.26. The predicted molar refractivity (Wildman–Crippen MR) is 130 cm³/mol. The molecule has 1 saturated carbocycles. The lowest BCUT2D eigenvalue weighted by atomic mass is 9.61. The van der Waals surface area contributed by atoms with Crippen molar-refractivity contribution in [1.82, 2.24) is 4.90 Å². The molecule has 1 unspecified atom stereocenters. The molecule has 1 aliphatic carbocycles. The maximum Gasteiger partial charge on any atom is 0.416 e. The summed E-state index contributed by atoms with van der Waals surface area (Å²) < 4.78 is 43.9. The van der Waals surface area contributed by atoms with Crippen molar-refractivity contribution in [2.75, 3.05) is 26.2 Å². The molecule has 4 rings (SSSR count). The molecule has 0 bridgehead atoms. The van der Waals surface area contributed by atoms with Crippen LogP contribution < -0.4 is 4.74 Å². The summed E-state index contributed by atoms with van der Waals surface area (Å²) in [5.74, 6) is 0.734. The summed E-state index contributed by atoms with van der Waals surface area (Å²) in [6, 6.07) is 12.7. The predicted octanol–water partition coefficient (Wildman–Crippen LogP) is 6.96. The number of aliphatic hydroxyl groups excluding tert-OH is 1. The number of piperidine rings is 1. The Labute approximate surface area is 205 Å². The van der Waals surface area contributed by atoms with E-state index in [-0.39, 0.29) is 11.3 Å². The first-order chi connectivity index (χ1) is 16.3. The molecule has 0 amide bonds. The second kappa shape index (κ2) is 11.8. The summed E-state index contributed by atoms with van der Waals surface area (Å²) in [4.78, 5) is 2.30. The van der Waals surface area contributed by atoms with Crippen LogP contribution in [-0.2, 0) is 11.6 Å². The highest BCUT2D eigenvalue weighted by atomic mass is 35.5. The van der Waals surface area contributed by atoms with Gasteiger partial charge in [-0.15, -0.1) is 0 Å². The summed E-state index contributed by atoms with van der Waals surface area (Å²) in [6.07, 6.45) is 0.300. The quantitative estimate of drug-likeness (QED) is 0.449. The van der Waals surface area contributed by atoms with E-state index >= 15 is 0 Å². The third kappa shape index (κ3) is 6.46. The summed E-state index contributed by atoms with van der Waals surface area (Å²) >= 11 is 6.04. The topological polar surface area (TPSA) is 32.7 Å². The smallest absolute Gasteiger partial charge is 0.416 e. The minimum atomic E-state index is -4.34. The largest absolute Gasteiger partial charge is 0.493 e. The Balaban J connectivity index is 0.00000158. The number of rotatable bonds is 7. The number of nitrogens with zero attached hydrogens (tertiary/aromatic N) is 1. The van der Waals surface area contributed by atoms with Crippen molar-refractivity contribution in [2.24, 2.45) is 5.92 Å². The first-order valence-electron chi connectivity index (χ1n) is 12.2. The van der Waals surface area contributed by atoms with Crippen LogP contribution in [0.5, 0.6) is 5.75 Å². The van der Waals surface area contributed by atoms with Crippen LogP contribution in [-0.4, -0.2) is 42.4 Å². The highest BCUT2D eigenvalue weighted by Gasteiger charge is 2.45. The number of aliphatic hydroxyl groups is 1. The first-order valence-corrected chi connectivity index (χ1v) is 12.6. The Morgan fingerprint density at radius 1 is 1.06 bits per heavy atom. The number of hydrogen-bond donors (Lipinski definition) is 1. The summed E-state index contributed by atoms with van der Waals surface area (Å²) in [6.45, 7) is 6.82. The third-order valence-electron chi connectivity index (χ3n) is 7.00. The molecule has 2 aromatic carbocycles. The van der Waals surface area contributed by atoms with Crippen LogP contribution in [0.4, 0.5) is 13.2 Å². The number of alkyl halides is 3. The van der Waals surface area contributed by atoms with Gasteiger partial charge in [0.15, 0.2) is 0 Å². The number of halogens is 4. The average Bonchev–Trinajstić information content (AvgIpc) is 2.79. The van der Waals surface area contributed by atoms with Crippen LogP contribution >= 0.6 is 11.6 Å². The molecule has 7 heteroatoms. The van der Waals surface area contributed by atoms with Crippen molar-refractivity contribution in [2.45, 2.75) is 63.6 Å². The lowest BCUT2D eigenvalue weighted by Gasteiger charge is -2.48. The number of hydrogen-bond acceptors (Lipinski definition) is 3. The zero-order chi connectivity index (χ0) is 24.8. The molecule has 1 aliphatic heterocycles. The molecule has 2 aromatic rings. The Bertz CT molecular complexity index is 882. The Morgan fingerprint density at radius 3 is 2.26 bits per heavy atom. The molecular formula is C27H35ClF3NO2. The van der Waals surface area contributed by atoms with Gasteiger partial charge in [-0.1, -0.05) is 44.0 Å². The monoisotopic (exact) mass is 497 g/mol. The van der Waals surface area contributed by atoms with Crippen molar-refractivity contribution >= 4 is 11.6 Å². The van der Waals surface area contributed by atoms with E-state index in [9.17, 15) is 18.3 Å². The maximum absolute atomic E-state index is 12.7. The van der Waals surface area contributed by atoms with Gasteiger partial charge in [0.05, 0.1) is 18.3 Å². The van der Waals surface area contributed by atoms with E-state index in [1.807, 2.05) is 38.1 Å². The molecule has 3 nitrogen and oxygen atoms in total. The van der Waals surface area contributed by atoms with Gasteiger partial charge in [0, 0.05) is 29.4 Å². The van der Waals surface area contributed by atoms with E-state index in [4.69, 9.17) is 16.3 Å². The molecule has 34 heavy (non-hydrogen) atoms. The van der Waals surface area contributed by atoms with Crippen molar-refractivity contribution in [3.05, 3.63) is 64.7 Å². The standard InChI is InChI=1S/C25H29ClF3NO2.C2H6/c26-21-8-4-19(5-9-21)24(12-2-13-24)23(31)16-30-14-1-3-18(15-30)17-32-22-10-6-20(7-11-22)25(27,28)29;1-2/h4-11,18,23,31H,1-3,12-17H2;1-2H3/t18-,23?;/m1./s1. The van der Waals surface area contributed by atoms with Crippen LogP contribution in [0, 0.1) is 5.92 Å². The van der Waals surface area contributed by atoms with Gasteiger partial charge in [0.2, 0.25) is 0 Å². The van der Waals surface area contributed by atoms with Gasteiger partial charge < -0.3 is 14.7 Å². The zero-order valence-electron chi connectivity index (χ0n) is 20.0. The molecule has 0 aromatic heterocycles. The Kier molecular flexibility index (Phi) is 9.30. The van der Waals surface area contributed by atoms with Gasteiger partial charge >= 0.3 is 6.18 Å². The van der Waals surface area contributed by atoms with Gasteiger partial charge in [-0.3, -0.25) is 0 Å². The molecule has 2 fully saturated rings. The van der Waals surface area contributed by atoms with Crippen LogP contribution in [0.25, 0.3) is 0 Å². The fourth-order valence-corrected chi connectivity index (χ4v) is 5.11. The molecule has 188 valence electrons. The molecular weight excluding hydrogens is 463 g/mol. The molecule has 1 saturated heterocycles. The summed E-state index contributed by atoms with van der Waals surface area (Å²) in [5.41, 5.74) is 0.280. The lowest BCUT2D eigenvalue weighted by molar-refractivity contribution is -0.137. The maximum atomic E-state index is 12.7. The van der Waals surface area contributed by atoms with E-state index < -0.39 is 17.8 Å². The summed E-state index contributed by atoms with van der Waals surface area (Å²) in [5, 5.41) is 11.9. The van der Waals surface area contributed by atoms with Crippen LogP contribution in [0.15, 0.2) is 48.5 Å². The second-order valence-electron chi connectivity index (χ2n) is 9.13. The van der Waals surface area contributed by atoms with Crippen molar-refractivity contribution < 1.29 is 23.0 Å². The van der Waals surface area contributed by atoms with E-state index in [1.165, 1.54) is 12.1 Å². The highest BCUT2D eigenvalue weighted by molar-refractivity contribution is 6.30. The number of benzene rings is 2. The lowest BCUT2D eigenvalue weighted by Crippen LogP contribution is -2.52. The number of ether oxygens (including phenoxy) is 1. The SMILES string of the molecule is CC.OC(CN1CCC[C@@H](COc2ccc(C(F)(F)F)cc2)C1)C1(c2ccc(Cl)cc2)CCC1. The Morgan fingerprint density at radius 2 is 1.71 bits per heavy atom. The van der Waals surface area contributed by atoms with Gasteiger partial charge in [-0.05, 0) is 74.2 Å². The molecule has 2 aliphatic rings. The van der Waals surface area contributed by atoms with E-state index in [2.05, 4.69) is 4.90 Å². The highest BCUT2D eigenvalue weighted by Crippen LogP contribution is 2.47. The van der Waals surface area contributed by atoms with Gasteiger partial charge in [0.1, 0.15) is 5.75 Å². The fraction of sp³-hybridized carbons (Fsp3) is 0.556. The number of likely N-dealkylation sites (tertiary alicyclic amines) is 1. The van der Waals surface area contributed by atoms with Gasteiger partial charge in [0.25, 0.3) is 0 Å². The molecule has 2 atom stereocenters. The molecule has 1 heterocycles. The van der Waals surface area contributed by atoms with Crippen LogP contribution in [0.2, 0.25) is 5.02 Å². The van der Waals surface area contributed by atoms with Crippen molar-refractivity contribution in [3.8, 4) is 5.75 Å². The first kappa shape index (κ1) is 26.8. The van der Waals surface area contributed by atoms with E-state index in [1.54, 1.807) is 0 Å². The minimum Gasteiger partial charge on any atom is -0.493 e. The summed E-state index contributed by atoms with van der Waals surface area (Å²) in [7, 11) is 0. The molecule has 1 N–H and O–H groups in total. The van der Waals surface area contributed by atoms with Crippen LogP contribution in [0.1, 0.15) is 57.1 Å². The van der Waals surface area contributed by atoms with Crippen LogP contribution in [0.3, 0.4) is 0 Å². The fourth-order valence-electron chi connectivity index (χ4n) is 4.98. The molecule has 0 spiro atoms. The zero-order valence-corrected chi connectivity index (χ0v) is 20.7. The minimum absolute atomic E-state index is 0.200. The molecule has 0 radical (unpaired) electrons. The van der Waals surface area contributed by atoms with Gasteiger partial charge in [-0.25, -0.2) is 0 Å². The van der Waals surface area contributed by atoms with Crippen molar-refractivity contribution in [1.29, 1.82) is 0 Å². The average molecular weight is 498 g/mol. The normalized spacial score (nSPS) is 21.1. The Hall–Kier alpha value is -1.76. The van der Waals surface area contributed by atoms with E-state index in [0.29, 0.717) is 23.9 Å². The van der Waals surface area contributed by atoms with Crippen molar-refractivity contribution in [3.63, 3.8) is 0 Å².